The summed E-state index contributed by atoms with van der Waals surface area (Å²) >= 11 is 6.11. The normalized spacial score (nSPS) is 6.67. The SMILES string of the molecule is CSC.[I][Cu][I]. The Labute approximate surface area is 72.2 Å². The molecule has 0 rings (SSSR count). The molecule has 0 nitrogen and oxygen atoms in total. The van der Waals surface area contributed by atoms with Crippen molar-refractivity contribution in [3.8, 4) is 0 Å². The summed E-state index contributed by atoms with van der Waals surface area (Å²) in [7, 11) is 1.75. The first-order valence-corrected chi connectivity index (χ1v) is 8.75. The van der Waals surface area contributed by atoms with Crippen molar-refractivity contribution in [2.75, 3.05) is 12.5 Å². The second kappa shape index (κ2) is 15.7. The number of halogens is 2. The van der Waals surface area contributed by atoms with Gasteiger partial charge in [0.2, 0.25) is 0 Å². The second-order valence-electron chi connectivity index (χ2n) is 0.451. The predicted octanol–water partition coefficient (Wildman–Crippen LogP) is 2.75. The molecule has 0 saturated heterocycles. The van der Waals surface area contributed by atoms with Crippen molar-refractivity contribution in [3.63, 3.8) is 0 Å². The Hall–Kier alpha value is 2.33. The number of hydrogen-bond donors (Lipinski definition) is 0. The van der Waals surface area contributed by atoms with Crippen LogP contribution in [0.1, 0.15) is 0 Å². The predicted molar refractivity (Wildman–Crippen MR) is 47.5 cm³/mol. The Morgan fingerprint density at radius 3 is 1.33 bits per heavy atom. The average Bonchev–Trinajstić information content (AvgIpc) is 1.39. The molecule has 0 N–H and O–H groups in total. The minimum absolute atomic E-state index is 1.75. The van der Waals surface area contributed by atoms with Gasteiger partial charge < -0.3 is 0 Å². The van der Waals surface area contributed by atoms with Crippen LogP contribution >= 0.6 is 52.5 Å². The zero-order chi connectivity index (χ0) is 5.41. The zero-order valence-corrected chi connectivity index (χ0v) is 9.54. The van der Waals surface area contributed by atoms with E-state index in [0.29, 0.717) is 0 Å². The number of hydrogen-bond acceptors (Lipinski definition) is 1. The molecule has 0 saturated carbocycles. The zero-order valence-electron chi connectivity index (χ0n) is 3.47. The van der Waals surface area contributed by atoms with E-state index < -0.39 is 0 Å². The van der Waals surface area contributed by atoms with Gasteiger partial charge in [0.15, 0.2) is 0 Å². The Morgan fingerprint density at radius 2 is 1.33 bits per heavy atom. The van der Waals surface area contributed by atoms with Crippen LogP contribution in [0.15, 0.2) is 0 Å². The molecule has 0 aromatic rings. The van der Waals surface area contributed by atoms with E-state index in [4.69, 9.17) is 0 Å². The topological polar surface area (TPSA) is 0 Å². The van der Waals surface area contributed by atoms with E-state index in [0.717, 1.165) is 0 Å². The van der Waals surface area contributed by atoms with Gasteiger partial charge in [-0.15, -0.1) is 0 Å². The van der Waals surface area contributed by atoms with Gasteiger partial charge in [-0.3, -0.25) is 0 Å². The van der Waals surface area contributed by atoms with Gasteiger partial charge in [0.05, 0.1) is 0 Å². The first-order chi connectivity index (χ1) is 2.83. The molecule has 6 heavy (non-hydrogen) atoms. The molecule has 0 aromatic carbocycles. The summed E-state index contributed by atoms with van der Waals surface area (Å²) in [6, 6.07) is 0. The molecule has 0 aliphatic rings. The molecule has 45 valence electrons. The standard InChI is InChI=1S/C2H6S.Cu.2HI/c1-3-2;;;/h1-2H3;;2*1H/q;+2;;/p-2. The van der Waals surface area contributed by atoms with E-state index >= 15 is 0 Å². The average molecular weight is 379 g/mol. The van der Waals surface area contributed by atoms with Gasteiger partial charge in [0.1, 0.15) is 0 Å². The van der Waals surface area contributed by atoms with Crippen LogP contribution in [0.3, 0.4) is 0 Å². The van der Waals surface area contributed by atoms with Gasteiger partial charge in [0, 0.05) is 0 Å². The molecule has 0 amide bonds. The summed E-state index contributed by atoms with van der Waals surface area (Å²) in [5, 5.41) is 0. The van der Waals surface area contributed by atoms with Crippen molar-refractivity contribution in [1.29, 1.82) is 0 Å². The molecule has 0 fully saturated rings. The molecule has 4 heteroatoms. The van der Waals surface area contributed by atoms with E-state index in [1.54, 1.807) is 20.2 Å². The fourth-order valence-corrected chi connectivity index (χ4v) is 0. The van der Waals surface area contributed by atoms with Crippen LogP contribution in [0.5, 0.6) is 0 Å². The van der Waals surface area contributed by atoms with Crippen LogP contribution in [0, 0.1) is 0 Å². The fraction of sp³-hybridized carbons (Fsp3) is 1.00. The summed E-state index contributed by atoms with van der Waals surface area (Å²) in [6.45, 7) is 0. The van der Waals surface area contributed by atoms with Crippen molar-refractivity contribution < 1.29 is 8.46 Å². The number of thioether (sulfide) groups is 1. The van der Waals surface area contributed by atoms with Crippen molar-refractivity contribution >= 4 is 52.5 Å². The molecule has 0 aromatic heterocycles. The van der Waals surface area contributed by atoms with Crippen molar-refractivity contribution in [2.45, 2.75) is 0 Å². The molecular weight excluding hydrogens is 373 g/mol. The summed E-state index contributed by atoms with van der Waals surface area (Å²) in [5.41, 5.74) is 0. The van der Waals surface area contributed by atoms with E-state index in [1.165, 1.54) is 0 Å². The fourth-order valence-electron chi connectivity index (χ4n) is 0. The van der Waals surface area contributed by atoms with Crippen molar-refractivity contribution in [3.05, 3.63) is 0 Å². The molecular formula is C2H6CuI2S. The van der Waals surface area contributed by atoms with Gasteiger partial charge in [-0.25, -0.2) is 0 Å². The van der Waals surface area contributed by atoms with E-state index in [1.807, 2.05) is 12.5 Å². The van der Waals surface area contributed by atoms with E-state index in [-0.39, 0.29) is 0 Å². The van der Waals surface area contributed by atoms with Gasteiger partial charge in [-0.05, 0) is 12.5 Å². The number of rotatable bonds is 0. The minimum atomic E-state index is 1.75. The van der Waals surface area contributed by atoms with E-state index in [9.17, 15) is 0 Å². The quantitative estimate of drug-likeness (QED) is 0.461. The van der Waals surface area contributed by atoms with Crippen molar-refractivity contribution in [2.24, 2.45) is 0 Å². The molecule has 0 aliphatic carbocycles. The molecule has 0 aliphatic heterocycles. The molecule has 0 radical (unpaired) electrons. The molecule has 0 heterocycles. The molecule has 0 atom stereocenters. The van der Waals surface area contributed by atoms with Crippen molar-refractivity contribution in [1.82, 2.24) is 0 Å². The Kier molecular flexibility index (Phi) is 29.2. The third-order valence-corrected chi connectivity index (χ3v) is 0. The third kappa shape index (κ3) is 33.1. The Bertz CT molecular complexity index is 13.5. The summed E-state index contributed by atoms with van der Waals surface area (Å²) in [5.74, 6) is 0. The third-order valence-electron chi connectivity index (χ3n) is 0. The van der Waals surface area contributed by atoms with Crippen LogP contribution in [-0.4, -0.2) is 12.5 Å². The second-order valence-corrected chi connectivity index (χ2v) is 9.22. The molecule has 0 bridgehead atoms. The van der Waals surface area contributed by atoms with Crippen LogP contribution in [0.25, 0.3) is 0 Å². The molecule has 0 unspecified atom stereocenters. The maximum atomic E-state index is 2.18. The summed E-state index contributed by atoms with van der Waals surface area (Å²) < 4.78 is 0. The molecule has 0 spiro atoms. The summed E-state index contributed by atoms with van der Waals surface area (Å²) in [6.07, 6.45) is 4.08. The maximum absolute atomic E-state index is 2.18. The van der Waals surface area contributed by atoms with Crippen LogP contribution in [-0.2, 0) is 8.46 Å². The van der Waals surface area contributed by atoms with Crippen LogP contribution in [0.4, 0.5) is 0 Å². The van der Waals surface area contributed by atoms with Gasteiger partial charge in [-0.2, -0.15) is 11.8 Å². The first kappa shape index (κ1) is 11.2. The van der Waals surface area contributed by atoms with Gasteiger partial charge in [-0.1, -0.05) is 0 Å². The van der Waals surface area contributed by atoms with Crippen LogP contribution < -0.4 is 0 Å². The monoisotopic (exact) mass is 379 g/mol. The van der Waals surface area contributed by atoms with Gasteiger partial charge >= 0.3 is 49.1 Å². The Balaban J connectivity index is 0. The van der Waals surface area contributed by atoms with Crippen LogP contribution in [0.2, 0.25) is 0 Å². The first-order valence-electron chi connectivity index (χ1n) is 1.04. The Morgan fingerprint density at radius 1 is 1.33 bits per heavy atom. The van der Waals surface area contributed by atoms with E-state index in [2.05, 4.69) is 40.7 Å². The summed E-state index contributed by atoms with van der Waals surface area (Å²) in [4.78, 5) is 0. The van der Waals surface area contributed by atoms with Gasteiger partial charge in [0.25, 0.3) is 0 Å².